The van der Waals surface area contributed by atoms with Crippen molar-refractivity contribution in [2.75, 3.05) is 30.0 Å². The van der Waals surface area contributed by atoms with Gasteiger partial charge < -0.3 is 40.8 Å². The summed E-state index contributed by atoms with van der Waals surface area (Å²) in [7, 11) is 4.09. The number of nitrogens with zero attached hydrogens (tertiary/aromatic N) is 21. The maximum atomic E-state index is 12.5. The predicted molar refractivity (Wildman–Crippen MR) is 469 cm³/mol. The van der Waals surface area contributed by atoms with Crippen molar-refractivity contribution in [2.45, 2.75) is 32.9 Å². The number of H-pyrrole nitrogens is 8. The molecule has 0 aliphatic heterocycles. The molecule has 20 aromatic heterocycles. The van der Waals surface area contributed by atoms with Gasteiger partial charge >= 0.3 is 0 Å². The van der Waals surface area contributed by atoms with Gasteiger partial charge in [0.1, 0.15) is 22.8 Å². The Labute approximate surface area is 696 Å². The average molecular weight is 1620 g/mol. The molecule has 11 N–H and O–H groups in total. The highest BCUT2D eigenvalue weighted by Crippen LogP contribution is 2.36. The van der Waals surface area contributed by atoms with E-state index in [1.54, 1.807) is 98.9 Å². The Balaban J connectivity index is 0.000000108. The monoisotopic (exact) mass is 1620 g/mol. The second-order valence-electron chi connectivity index (χ2n) is 29.2. The molecule has 22 rings (SSSR count). The minimum atomic E-state index is -0.195. The lowest BCUT2D eigenvalue weighted by molar-refractivity contribution is -0.115. The fourth-order valence-corrected chi connectivity index (χ4v) is 14.1. The van der Waals surface area contributed by atoms with Crippen LogP contribution in [0.5, 0.6) is 0 Å². The van der Waals surface area contributed by atoms with Crippen molar-refractivity contribution in [2.24, 2.45) is 0 Å². The molecule has 123 heavy (non-hydrogen) atoms. The van der Waals surface area contributed by atoms with Crippen molar-refractivity contribution in [3.05, 3.63) is 274 Å². The summed E-state index contributed by atoms with van der Waals surface area (Å²) in [5.74, 6) is 2.43. The van der Waals surface area contributed by atoms with Crippen molar-refractivity contribution in [1.82, 2.24) is 145 Å². The molecule has 598 valence electrons. The molecule has 0 unspecified atom stereocenters. The van der Waals surface area contributed by atoms with Crippen molar-refractivity contribution < 1.29 is 9.59 Å². The van der Waals surface area contributed by atoms with Crippen LogP contribution in [0.15, 0.2) is 257 Å². The molecule has 0 radical (unpaired) electrons. The summed E-state index contributed by atoms with van der Waals surface area (Å²) in [4.78, 5) is 111. The van der Waals surface area contributed by atoms with Crippen LogP contribution in [0.2, 0.25) is 0 Å². The standard InChI is InChI=1S/C25H18N8O.C24H16N8O.2C20H18N8/c34-22(8-15-4-2-1-3-5-15)29-18-9-16(11-27-13-18)17-10-19-23(32-33-24(19)28-12-17)25-30-20-6-7-26-14-21(20)31-25;33-24(14-4-2-1-3-5-14)28-17-8-15(10-26-12-17)16-9-18-21(31-32-22(18)27-11-16)23-29-19-6-7-25-13-20(19)30-23;1-28(2)11-12-5-13(8-22-7-12)14-6-15-18(26-27-19(15)23-9-14)20-24-16-3-4-21-10-17(16)25-20;1-11(2)24-14-5-12(7-22-9-14)13-6-15-18(27-28-19(15)23-8-13)20-25-16-3-4-21-10-17(16)26-20/h1-7,9-14H,8H2,(H,29,34)(H,30,31)(H,28,32,33);1-13H,(H,28,33)(H,29,30)(H,27,31,32);3-10H,11H2,1-2H3,(H,24,25)(H,23,26,27);3-11,24H,1-2H3,(H,25,26)(H,23,27,28). The summed E-state index contributed by atoms with van der Waals surface area (Å²) >= 11 is 0. The topological polar surface area (TPSA) is 458 Å². The predicted octanol–water partition coefficient (Wildman–Crippen LogP) is 15.1. The molecule has 2 aromatic carbocycles. The summed E-state index contributed by atoms with van der Waals surface area (Å²) in [6, 6.07) is 42.5. The molecule has 34 nitrogen and oxygen atoms in total. The van der Waals surface area contributed by atoms with Crippen molar-refractivity contribution in [3.8, 4) is 90.6 Å². The first-order valence-electron chi connectivity index (χ1n) is 38.8. The maximum Gasteiger partial charge on any atom is 0.255 e. The van der Waals surface area contributed by atoms with Crippen molar-refractivity contribution in [1.29, 1.82) is 0 Å². The van der Waals surface area contributed by atoms with Crippen LogP contribution in [0.3, 0.4) is 0 Å². The zero-order valence-electron chi connectivity index (χ0n) is 65.9. The number of nitrogens with one attached hydrogen (secondary N) is 11. The molecule has 0 spiro atoms. The van der Waals surface area contributed by atoms with Crippen LogP contribution in [0, 0.1) is 0 Å². The molecule has 0 bridgehead atoms. The lowest BCUT2D eigenvalue weighted by atomic mass is 10.1. The highest BCUT2D eigenvalue weighted by atomic mass is 16.2. The van der Waals surface area contributed by atoms with Gasteiger partial charge in [0.25, 0.3) is 5.91 Å². The normalized spacial score (nSPS) is 11.4. The minimum absolute atomic E-state index is 0.102. The van der Waals surface area contributed by atoms with E-state index in [1.165, 1.54) is 0 Å². The highest BCUT2D eigenvalue weighted by Gasteiger charge is 2.21. The van der Waals surface area contributed by atoms with Crippen LogP contribution in [0.25, 0.3) is 179 Å². The van der Waals surface area contributed by atoms with Crippen LogP contribution < -0.4 is 16.0 Å². The molecule has 0 atom stereocenters. The molecule has 22 aromatic rings. The van der Waals surface area contributed by atoms with E-state index in [9.17, 15) is 9.59 Å². The minimum Gasteiger partial charge on any atom is -0.382 e. The third-order valence-corrected chi connectivity index (χ3v) is 19.8. The van der Waals surface area contributed by atoms with E-state index in [4.69, 9.17) is 0 Å². The zero-order valence-corrected chi connectivity index (χ0v) is 65.9. The van der Waals surface area contributed by atoms with Gasteiger partial charge in [-0.25, -0.2) is 39.9 Å². The molecule has 34 heteroatoms. The smallest absolute Gasteiger partial charge is 0.255 e. The van der Waals surface area contributed by atoms with Gasteiger partial charge in [-0.15, -0.1) is 0 Å². The maximum absolute atomic E-state index is 12.5. The van der Waals surface area contributed by atoms with Gasteiger partial charge in [0.05, 0.1) is 126 Å². The Hall–Kier alpha value is -17.3. The molecule has 0 fully saturated rings. The lowest BCUT2D eigenvalue weighted by Crippen LogP contribution is -2.14. The zero-order chi connectivity index (χ0) is 83.3. The van der Waals surface area contributed by atoms with Gasteiger partial charge in [0.2, 0.25) is 5.91 Å². The SMILES string of the molecule is CC(C)Nc1cncc(-c2cnc3n[nH]c(-c4nc5ccncc5[nH]4)c3c2)c1.CN(C)Cc1cncc(-c2cnc3n[nH]c(-c4nc5ccncc5[nH]4)c3c2)c1.O=C(Cc1ccccc1)Nc1cncc(-c2cnc3n[nH]c(-c4nc5ccncc5[nH]4)c3c2)c1.O=C(Nc1cncc(-c2cnc3n[nH]c(-c4nc5ccncc5[nH]4)c3c2)c1)c1ccccc1. The van der Waals surface area contributed by atoms with E-state index in [0.717, 1.165) is 156 Å². The Morgan fingerprint density at radius 2 is 0.691 bits per heavy atom. The van der Waals surface area contributed by atoms with Crippen LogP contribution in [-0.4, -0.2) is 177 Å². The summed E-state index contributed by atoms with van der Waals surface area (Å²) in [5.41, 5.74) is 24.5. The number of aromatic nitrogens is 28. The van der Waals surface area contributed by atoms with Crippen LogP contribution in [0.4, 0.5) is 17.1 Å². The number of rotatable bonds is 17. The van der Waals surface area contributed by atoms with E-state index in [0.29, 0.717) is 75.3 Å². The number of benzene rings is 2. The van der Waals surface area contributed by atoms with Gasteiger partial charge in [0, 0.05) is 149 Å². The van der Waals surface area contributed by atoms with Gasteiger partial charge in [0.15, 0.2) is 45.9 Å². The second kappa shape index (κ2) is 33.4. The Kier molecular flexibility index (Phi) is 20.5. The molecule has 0 saturated carbocycles. The molecule has 2 amide bonds. The number of hydrogen-bond acceptors (Lipinski definition) is 24. The molecule has 20 heterocycles. The van der Waals surface area contributed by atoms with E-state index in [1.807, 2.05) is 148 Å². The largest absolute Gasteiger partial charge is 0.382 e. The summed E-state index contributed by atoms with van der Waals surface area (Å²) in [6.45, 7) is 5.03. The van der Waals surface area contributed by atoms with Crippen molar-refractivity contribution in [3.63, 3.8) is 0 Å². The van der Waals surface area contributed by atoms with Gasteiger partial charge in [-0.3, -0.25) is 69.9 Å². The second-order valence-corrected chi connectivity index (χ2v) is 29.2. The van der Waals surface area contributed by atoms with E-state index in [2.05, 4.69) is 199 Å². The number of amides is 2. The number of hydrogen-bond donors (Lipinski definition) is 11. The first-order valence-corrected chi connectivity index (χ1v) is 38.8. The van der Waals surface area contributed by atoms with Crippen LogP contribution in [-0.2, 0) is 17.8 Å². The summed E-state index contributed by atoms with van der Waals surface area (Å²) in [6.07, 6.45) is 35.4. The quantitative estimate of drug-likeness (QED) is 0.0403. The molecule has 0 aliphatic carbocycles. The number of imidazole rings is 4. The number of fused-ring (bicyclic) bond motifs is 8. The summed E-state index contributed by atoms with van der Waals surface area (Å²) < 4.78 is 0. The number of pyridine rings is 12. The van der Waals surface area contributed by atoms with E-state index in [-0.39, 0.29) is 11.8 Å². The highest BCUT2D eigenvalue weighted by molar-refractivity contribution is 6.05. The lowest BCUT2D eigenvalue weighted by Gasteiger charge is -2.10. The third kappa shape index (κ3) is 16.5. The van der Waals surface area contributed by atoms with Crippen molar-refractivity contribution >= 4 is 117 Å². The molecule has 0 saturated heterocycles. The Morgan fingerprint density at radius 1 is 0.350 bits per heavy atom. The first-order chi connectivity index (χ1) is 60.3. The third-order valence-electron chi connectivity index (χ3n) is 19.8. The van der Waals surface area contributed by atoms with E-state index < -0.39 is 0 Å². The summed E-state index contributed by atoms with van der Waals surface area (Å²) in [5, 5.41) is 42.1. The Bertz CT molecular complexity index is 7280. The van der Waals surface area contributed by atoms with E-state index >= 15 is 0 Å². The van der Waals surface area contributed by atoms with Gasteiger partial charge in [-0.2, -0.15) is 20.4 Å². The fraction of sp³-hybridized carbons (Fsp3) is 0.0787. The number of carbonyl (C=O) groups excluding carboxylic acids is 2. The van der Waals surface area contributed by atoms with Gasteiger partial charge in [-0.05, 0) is 124 Å². The van der Waals surface area contributed by atoms with Gasteiger partial charge in [-0.1, -0.05) is 48.5 Å². The van der Waals surface area contributed by atoms with Crippen LogP contribution >= 0.6 is 0 Å². The fourth-order valence-electron chi connectivity index (χ4n) is 14.1. The molecular formula is C89H70N32O2. The number of carbonyl (C=O) groups is 2. The average Bonchev–Trinajstić information content (AvgIpc) is 1.66. The molecule has 0 aliphatic rings. The number of anilines is 3. The van der Waals surface area contributed by atoms with Crippen LogP contribution in [0.1, 0.15) is 35.3 Å². The first kappa shape index (κ1) is 75.7. The molecular weight excluding hydrogens is 1550 g/mol. The number of aromatic amines is 8. The Morgan fingerprint density at radius 3 is 1.07 bits per heavy atom.